The molecule has 0 spiro atoms. The lowest BCUT2D eigenvalue weighted by atomic mass is 10.2. The van der Waals surface area contributed by atoms with Gasteiger partial charge in [0.15, 0.2) is 23.2 Å². The molecule has 0 saturated carbocycles. The number of amides is 1. The minimum absolute atomic E-state index is 0.0586. The molecule has 10 heteroatoms. The number of hydrogen-bond acceptors (Lipinski definition) is 6. The van der Waals surface area contributed by atoms with Gasteiger partial charge in [-0.05, 0) is 58.0 Å². The van der Waals surface area contributed by atoms with Crippen LogP contribution >= 0.6 is 28.1 Å². The van der Waals surface area contributed by atoms with E-state index in [1.165, 1.54) is 20.4 Å². The van der Waals surface area contributed by atoms with Gasteiger partial charge < -0.3 is 25.3 Å². The largest absolute Gasteiger partial charge is 0.495 e. The predicted octanol–water partition coefficient (Wildman–Crippen LogP) is 2.65. The van der Waals surface area contributed by atoms with E-state index in [1.54, 1.807) is 30.3 Å². The van der Waals surface area contributed by atoms with Gasteiger partial charge in [0.2, 0.25) is 0 Å². The van der Waals surface area contributed by atoms with Crippen LogP contribution in [0.4, 0.5) is 5.69 Å². The third-order valence-corrected chi connectivity index (χ3v) is 4.05. The Bertz CT molecular complexity index is 892. The van der Waals surface area contributed by atoms with E-state index in [-0.39, 0.29) is 17.6 Å². The molecule has 148 valence electrons. The Morgan fingerprint density at radius 3 is 2.64 bits per heavy atom. The number of nitrogens with two attached hydrogens (primary N) is 1. The smallest absolute Gasteiger partial charge is 0.262 e. The normalized spacial score (nSPS) is 10.4. The highest BCUT2D eigenvalue weighted by atomic mass is 79.9. The topological polar surface area (TPSA) is 107 Å². The fraction of sp³-hybridized carbons (Fsp3) is 0.167. The zero-order valence-corrected chi connectivity index (χ0v) is 17.6. The molecule has 0 fully saturated rings. The van der Waals surface area contributed by atoms with Crippen molar-refractivity contribution in [3.63, 3.8) is 0 Å². The molecule has 2 aromatic rings. The Kier molecular flexibility index (Phi) is 8.02. The zero-order chi connectivity index (χ0) is 20.5. The average Bonchev–Trinajstić information content (AvgIpc) is 2.66. The molecule has 0 atom stereocenters. The van der Waals surface area contributed by atoms with Crippen molar-refractivity contribution in [1.82, 2.24) is 5.43 Å². The van der Waals surface area contributed by atoms with E-state index in [0.29, 0.717) is 33.0 Å². The monoisotopic (exact) mass is 466 g/mol. The van der Waals surface area contributed by atoms with Crippen molar-refractivity contribution in [3.05, 3.63) is 46.4 Å². The van der Waals surface area contributed by atoms with Gasteiger partial charge >= 0.3 is 0 Å². The van der Waals surface area contributed by atoms with E-state index in [0.717, 1.165) is 0 Å². The second-order valence-corrected chi connectivity index (χ2v) is 6.60. The highest BCUT2D eigenvalue weighted by Crippen LogP contribution is 2.36. The first kappa shape index (κ1) is 21.5. The second-order valence-electron chi connectivity index (χ2n) is 5.31. The van der Waals surface area contributed by atoms with Gasteiger partial charge in [0.25, 0.3) is 5.91 Å². The predicted molar refractivity (Wildman–Crippen MR) is 115 cm³/mol. The first-order valence-corrected chi connectivity index (χ1v) is 9.16. The first-order chi connectivity index (χ1) is 13.4. The maximum Gasteiger partial charge on any atom is 0.262 e. The number of ether oxygens (including phenoxy) is 3. The summed E-state index contributed by atoms with van der Waals surface area (Å²) in [5, 5.41) is 6.69. The quantitative estimate of drug-likeness (QED) is 0.311. The minimum Gasteiger partial charge on any atom is -0.495 e. The molecule has 0 aliphatic rings. The maximum absolute atomic E-state index is 12.2. The van der Waals surface area contributed by atoms with Gasteiger partial charge in [-0.15, -0.1) is 0 Å². The molecule has 28 heavy (non-hydrogen) atoms. The standard InChI is InChI=1S/C18H19BrN4O4S/c1-25-14-6-4-3-5-13(14)22-16(24)10-27-17-12(19)7-11(8-15(17)26-2)9-21-23-18(20)28/h3-9H,10H2,1-2H3,(H,22,24)(H3,20,23,28). The number of benzene rings is 2. The lowest BCUT2D eigenvalue weighted by Crippen LogP contribution is -2.24. The van der Waals surface area contributed by atoms with Crippen molar-refractivity contribution in [2.24, 2.45) is 10.8 Å². The zero-order valence-electron chi connectivity index (χ0n) is 15.2. The molecule has 0 aromatic heterocycles. The number of carbonyl (C=O) groups is 1. The van der Waals surface area contributed by atoms with Crippen molar-refractivity contribution in [2.45, 2.75) is 0 Å². The van der Waals surface area contributed by atoms with Gasteiger partial charge in [-0.2, -0.15) is 5.10 Å². The summed E-state index contributed by atoms with van der Waals surface area (Å²) in [6, 6.07) is 10.5. The van der Waals surface area contributed by atoms with Gasteiger partial charge in [-0.1, -0.05) is 12.1 Å². The van der Waals surface area contributed by atoms with Crippen molar-refractivity contribution in [3.8, 4) is 17.2 Å². The number of hydrogen-bond donors (Lipinski definition) is 3. The van der Waals surface area contributed by atoms with Crippen LogP contribution in [0.15, 0.2) is 46.0 Å². The van der Waals surface area contributed by atoms with E-state index in [9.17, 15) is 4.79 Å². The minimum atomic E-state index is -0.343. The van der Waals surface area contributed by atoms with Crippen LogP contribution < -0.4 is 30.7 Å². The number of rotatable bonds is 8. The Morgan fingerprint density at radius 1 is 1.25 bits per heavy atom. The van der Waals surface area contributed by atoms with Gasteiger partial charge in [0.05, 0.1) is 30.6 Å². The summed E-state index contributed by atoms with van der Waals surface area (Å²) < 4.78 is 16.8. The van der Waals surface area contributed by atoms with Gasteiger partial charge in [-0.25, -0.2) is 0 Å². The Labute approximate surface area is 176 Å². The number of thiocarbonyl (C=S) groups is 1. The number of halogens is 1. The first-order valence-electron chi connectivity index (χ1n) is 7.96. The van der Waals surface area contributed by atoms with E-state index in [4.69, 9.17) is 19.9 Å². The third-order valence-electron chi connectivity index (χ3n) is 3.37. The highest BCUT2D eigenvalue weighted by Gasteiger charge is 2.14. The number of para-hydroxylation sites is 2. The number of nitrogens with one attached hydrogen (secondary N) is 2. The van der Waals surface area contributed by atoms with Crippen molar-refractivity contribution in [1.29, 1.82) is 0 Å². The molecule has 0 aliphatic heterocycles. The van der Waals surface area contributed by atoms with Gasteiger partial charge in [0.1, 0.15) is 5.75 Å². The van der Waals surface area contributed by atoms with Crippen LogP contribution in [-0.4, -0.2) is 38.1 Å². The SMILES string of the molecule is COc1ccccc1NC(=O)COc1c(Br)cc(C=NNC(N)=S)cc1OC. The number of methoxy groups -OCH3 is 2. The molecule has 0 bridgehead atoms. The van der Waals surface area contributed by atoms with Crippen LogP contribution in [0.1, 0.15) is 5.56 Å². The molecule has 0 radical (unpaired) electrons. The Balaban J connectivity index is 2.07. The van der Waals surface area contributed by atoms with Crippen molar-refractivity contribution >= 4 is 51.1 Å². The van der Waals surface area contributed by atoms with E-state index < -0.39 is 0 Å². The summed E-state index contributed by atoms with van der Waals surface area (Å²) in [4.78, 5) is 12.2. The number of carbonyl (C=O) groups excluding carboxylic acids is 1. The lowest BCUT2D eigenvalue weighted by molar-refractivity contribution is -0.118. The highest BCUT2D eigenvalue weighted by molar-refractivity contribution is 9.10. The molecule has 0 heterocycles. The van der Waals surface area contributed by atoms with Crippen molar-refractivity contribution < 1.29 is 19.0 Å². The number of nitrogens with zero attached hydrogens (tertiary/aromatic N) is 1. The van der Waals surface area contributed by atoms with Crippen LogP contribution in [0.25, 0.3) is 0 Å². The van der Waals surface area contributed by atoms with Crippen LogP contribution in [0.3, 0.4) is 0 Å². The van der Waals surface area contributed by atoms with E-state index >= 15 is 0 Å². The maximum atomic E-state index is 12.2. The fourth-order valence-electron chi connectivity index (χ4n) is 2.20. The summed E-state index contributed by atoms with van der Waals surface area (Å²) in [7, 11) is 3.03. The second kappa shape index (κ2) is 10.5. The molecule has 0 saturated heterocycles. The summed E-state index contributed by atoms with van der Waals surface area (Å²) in [6.07, 6.45) is 1.52. The summed E-state index contributed by atoms with van der Waals surface area (Å²) in [6.45, 7) is -0.219. The average molecular weight is 467 g/mol. The van der Waals surface area contributed by atoms with Crippen molar-refractivity contribution in [2.75, 3.05) is 26.1 Å². The molecular formula is C18H19BrN4O4S. The van der Waals surface area contributed by atoms with Crippen LogP contribution in [0.2, 0.25) is 0 Å². The molecule has 4 N–H and O–H groups in total. The fourth-order valence-corrected chi connectivity index (χ4v) is 2.82. The van der Waals surface area contributed by atoms with Crippen LogP contribution in [0.5, 0.6) is 17.2 Å². The summed E-state index contributed by atoms with van der Waals surface area (Å²) in [5.74, 6) is 1.03. The van der Waals surface area contributed by atoms with Gasteiger partial charge in [-0.3, -0.25) is 10.2 Å². The van der Waals surface area contributed by atoms with Crippen LogP contribution in [-0.2, 0) is 4.79 Å². The molecule has 0 unspecified atom stereocenters. The van der Waals surface area contributed by atoms with Gasteiger partial charge in [0, 0.05) is 0 Å². The lowest BCUT2D eigenvalue weighted by Gasteiger charge is -2.14. The van der Waals surface area contributed by atoms with E-state index in [1.807, 2.05) is 6.07 Å². The summed E-state index contributed by atoms with van der Waals surface area (Å²) >= 11 is 8.09. The number of hydrazone groups is 1. The Hall–Kier alpha value is -2.85. The number of anilines is 1. The third kappa shape index (κ3) is 6.10. The molecule has 2 aromatic carbocycles. The van der Waals surface area contributed by atoms with E-state index in [2.05, 4.69) is 44.0 Å². The molecule has 0 aliphatic carbocycles. The molecular weight excluding hydrogens is 448 g/mol. The molecule has 1 amide bonds. The molecule has 2 rings (SSSR count). The van der Waals surface area contributed by atoms with Crippen LogP contribution in [0, 0.1) is 0 Å². The Morgan fingerprint density at radius 2 is 1.96 bits per heavy atom. The molecule has 8 nitrogen and oxygen atoms in total. The summed E-state index contributed by atoms with van der Waals surface area (Å²) in [5.41, 5.74) is 9.04.